The lowest BCUT2D eigenvalue weighted by molar-refractivity contribution is -0.106. The van der Waals surface area contributed by atoms with Crippen molar-refractivity contribution < 1.29 is 4.79 Å². The predicted molar refractivity (Wildman–Crippen MR) is 70.9 cm³/mol. The molecule has 0 aromatic carbocycles. The van der Waals surface area contributed by atoms with Gasteiger partial charge in [-0.25, -0.2) is 0 Å². The van der Waals surface area contributed by atoms with Gasteiger partial charge in [-0.05, 0) is 37.1 Å². The van der Waals surface area contributed by atoms with Gasteiger partial charge in [0.05, 0.1) is 0 Å². The van der Waals surface area contributed by atoms with Crippen molar-refractivity contribution in [3.63, 3.8) is 0 Å². The van der Waals surface area contributed by atoms with Crippen LogP contribution in [0.15, 0.2) is 36.5 Å². The second kappa shape index (κ2) is 7.49. The van der Waals surface area contributed by atoms with Crippen molar-refractivity contribution >= 4 is 11.9 Å². The molecular weight excluding hydrogens is 212 g/mol. The van der Waals surface area contributed by atoms with Gasteiger partial charge in [0.1, 0.15) is 0 Å². The predicted octanol–water partition coefficient (Wildman–Crippen LogP) is 2.77. The first-order valence-corrected chi connectivity index (χ1v) is 6.03. The largest absolute Gasteiger partial charge is 0.372 e. The van der Waals surface area contributed by atoms with Crippen LogP contribution in [-0.4, -0.2) is 10.8 Å². The maximum Gasteiger partial charge on any atom is 0.204 e. The average molecular weight is 232 g/mol. The summed E-state index contributed by atoms with van der Waals surface area (Å²) in [5, 5.41) is 0. The Bertz CT molecular complexity index is 448. The molecule has 17 heavy (non-hydrogen) atoms. The summed E-state index contributed by atoms with van der Waals surface area (Å²) < 4.78 is 2.29. The molecule has 0 radical (unpaired) electrons. The van der Waals surface area contributed by atoms with E-state index in [1.54, 1.807) is 0 Å². The number of amides is 1. The molecule has 0 fully saturated rings. The maximum atomic E-state index is 8.58. The summed E-state index contributed by atoms with van der Waals surface area (Å²) in [5.41, 5.74) is 6.91. The van der Waals surface area contributed by atoms with Gasteiger partial charge >= 0.3 is 0 Å². The van der Waals surface area contributed by atoms with Gasteiger partial charge in [0.2, 0.25) is 6.41 Å². The Labute approximate surface area is 102 Å². The Balaban J connectivity index is 0.000000437. The van der Waals surface area contributed by atoms with Crippen LogP contribution in [0.25, 0.3) is 5.52 Å². The third kappa shape index (κ3) is 3.94. The molecule has 0 aliphatic rings. The van der Waals surface area contributed by atoms with E-state index in [0.717, 1.165) is 0 Å². The summed E-state index contributed by atoms with van der Waals surface area (Å²) in [7, 11) is 0. The molecule has 0 saturated carbocycles. The molecular formula is C14H20N2O. The van der Waals surface area contributed by atoms with Crippen molar-refractivity contribution in [1.29, 1.82) is 0 Å². The van der Waals surface area contributed by atoms with E-state index in [1.807, 2.05) is 0 Å². The summed E-state index contributed by atoms with van der Waals surface area (Å²) in [6.45, 7) is 2.25. The Morgan fingerprint density at radius 2 is 2.00 bits per heavy atom. The van der Waals surface area contributed by atoms with Gasteiger partial charge in [0, 0.05) is 17.4 Å². The number of rotatable bonds is 4. The highest BCUT2D eigenvalue weighted by molar-refractivity contribution is 5.49. The Morgan fingerprint density at radius 1 is 1.24 bits per heavy atom. The van der Waals surface area contributed by atoms with Gasteiger partial charge in [-0.15, -0.1) is 0 Å². The minimum atomic E-state index is 0.250. The second-order valence-electron chi connectivity index (χ2n) is 3.91. The van der Waals surface area contributed by atoms with Gasteiger partial charge in [-0.2, -0.15) is 0 Å². The van der Waals surface area contributed by atoms with Crippen molar-refractivity contribution in [3.05, 3.63) is 42.2 Å². The van der Waals surface area contributed by atoms with Crippen molar-refractivity contribution in [2.75, 3.05) is 0 Å². The molecule has 0 unspecified atom stereocenters. The van der Waals surface area contributed by atoms with Gasteiger partial charge < -0.3 is 10.1 Å². The number of fused-ring (bicyclic) bond motifs is 1. The Hall–Kier alpha value is -1.77. The smallest absolute Gasteiger partial charge is 0.204 e. The molecule has 3 heteroatoms. The molecule has 1 amide bonds. The molecule has 92 valence electrons. The number of nitrogens with zero attached hydrogens (tertiary/aromatic N) is 1. The minimum absolute atomic E-state index is 0.250. The lowest BCUT2D eigenvalue weighted by Gasteiger charge is -2.01. The Morgan fingerprint density at radius 3 is 2.71 bits per heavy atom. The van der Waals surface area contributed by atoms with E-state index < -0.39 is 0 Å². The molecule has 2 aromatic heterocycles. The van der Waals surface area contributed by atoms with Crippen LogP contribution in [0.5, 0.6) is 0 Å². The highest BCUT2D eigenvalue weighted by Gasteiger charge is 1.99. The van der Waals surface area contributed by atoms with Gasteiger partial charge in [0.15, 0.2) is 0 Å². The highest BCUT2D eigenvalue weighted by atomic mass is 16.1. The van der Waals surface area contributed by atoms with Crippen molar-refractivity contribution in [1.82, 2.24) is 4.40 Å². The summed E-state index contributed by atoms with van der Waals surface area (Å²) in [6, 6.07) is 10.8. The van der Waals surface area contributed by atoms with E-state index in [1.165, 1.54) is 36.9 Å². The first-order valence-electron chi connectivity index (χ1n) is 6.03. The number of hydrogen-bond acceptors (Lipinski definition) is 1. The van der Waals surface area contributed by atoms with Crippen LogP contribution in [-0.2, 0) is 11.2 Å². The zero-order valence-corrected chi connectivity index (χ0v) is 10.3. The van der Waals surface area contributed by atoms with Gasteiger partial charge in [0.25, 0.3) is 0 Å². The molecule has 0 saturated heterocycles. The SMILES string of the molecule is CCCCCc1ccc2ccccn12.NC=O. The van der Waals surface area contributed by atoms with Gasteiger partial charge in [-0.3, -0.25) is 4.79 Å². The van der Waals surface area contributed by atoms with Crippen LogP contribution >= 0.6 is 0 Å². The lowest BCUT2D eigenvalue weighted by Crippen LogP contribution is -1.91. The number of nitrogens with two attached hydrogens (primary N) is 1. The summed E-state index contributed by atoms with van der Waals surface area (Å²) >= 11 is 0. The van der Waals surface area contributed by atoms with Crippen LogP contribution < -0.4 is 5.73 Å². The van der Waals surface area contributed by atoms with Crippen LogP contribution in [0.4, 0.5) is 0 Å². The standard InChI is InChI=1S/C13H17N.CH3NO/c1-2-3-4-7-12-9-10-13-8-5-6-11-14(12)13;2-1-3/h5-6,8-11H,2-4,7H2,1H3;1H,(H2,2,3). The molecule has 3 nitrogen and oxygen atoms in total. The number of pyridine rings is 1. The zero-order valence-electron chi connectivity index (χ0n) is 10.3. The number of carbonyl (C=O) groups is 1. The Kier molecular flexibility index (Phi) is 5.86. The monoisotopic (exact) mass is 232 g/mol. The topological polar surface area (TPSA) is 47.5 Å². The quantitative estimate of drug-likeness (QED) is 0.639. The number of aromatic nitrogens is 1. The normalized spacial score (nSPS) is 9.71. The van der Waals surface area contributed by atoms with E-state index in [2.05, 4.69) is 53.6 Å². The lowest BCUT2D eigenvalue weighted by atomic mass is 10.1. The van der Waals surface area contributed by atoms with Crippen LogP contribution in [0.3, 0.4) is 0 Å². The van der Waals surface area contributed by atoms with E-state index in [-0.39, 0.29) is 6.41 Å². The average Bonchev–Trinajstić information content (AvgIpc) is 2.74. The zero-order chi connectivity index (χ0) is 12.5. The number of aryl methyl sites for hydroxylation is 1. The fourth-order valence-electron chi connectivity index (χ4n) is 1.88. The molecule has 2 aromatic rings. The minimum Gasteiger partial charge on any atom is -0.372 e. The van der Waals surface area contributed by atoms with Crippen LogP contribution in [0.2, 0.25) is 0 Å². The third-order valence-electron chi connectivity index (χ3n) is 2.68. The van der Waals surface area contributed by atoms with E-state index >= 15 is 0 Å². The molecule has 0 aliphatic carbocycles. The van der Waals surface area contributed by atoms with E-state index in [9.17, 15) is 0 Å². The first-order chi connectivity index (χ1) is 8.33. The number of unbranched alkanes of at least 4 members (excludes halogenated alkanes) is 2. The molecule has 0 atom stereocenters. The third-order valence-corrected chi connectivity index (χ3v) is 2.68. The van der Waals surface area contributed by atoms with Crippen molar-refractivity contribution in [3.8, 4) is 0 Å². The highest BCUT2D eigenvalue weighted by Crippen LogP contribution is 2.12. The van der Waals surface area contributed by atoms with Crippen LogP contribution in [0.1, 0.15) is 31.9 Å². The molecule has 0 spiro atoms. The molecule has 2 rings (SSSR count). The fourth-order valence-corrected chi connectivity index (χ4v) is 1.88. The van der Waals surface area contributed by atoms with Crippen LogP contribution in [0, 0.1) is 0 Å². The molecule has 0 bridgehead atoms. The first kappa shape index (κ1) is 13.3. The molecule has 0 aliphatic heterocycles. The molecule has 2 heterocycles. The summed E-state index contributed by atoms with van der Waals surface area (Å²) in [6.07, 6.45) is 7.53. The van der Waals surface area contributed by atoms with Gasteiger partial charge in [-0.1, -0.05) is 25.8 Å². The number of primary amides is 1. The second-order valence-corrected chi connectivity index (χ2v) is 3.91. The molecule has 2 N–H and O–H groups in total. The fraction of sp³-hybridized carbons (Fsp3) is 0.357. The van der Waals surface area contributed by atoms with Crippen molar-refractivity contribution in [2.24, 2.45) is 5.73 Å². The number of carbonyl (C=O) groups excluding carboxylic acids is 1. The van der Waals surface area contributed by atoms with E-state index in [0.29, 0.717) is 0 Å². The number of hydrogen-bond donors (Lipinski definition) is 1. The summed E-state index contributed by atoms with van der Waals surface area (Å²) in [4.78, 5) is 8.58. The summed E-state index contributed by atoms with van der Waals surface area (Å²) in [5.74, 6) is 0. The maximum absolute atomic E-state index is 8.58. The van der Waals surface area contributed by atoms with Crippen molar-refractivity contribution in [2.45, 2.75) is 32.6 Å². The van der Waals surface area contributed by atoms with E-state index in [4.69, 9.17) is 4.79 Å².